The molecule has 0 amide bonds. The van der Waals surface area contributed by atoms with Gasteiger partial charge in [-0.3, -0.25) is 0 Å². The molecule has 0 radical (unpaired) electrons. The van der Waals surface area contributed by atoms with Gasteiger partial charge in [0, 0.05) is 32.9 Å². The maximum absolute atomic E-state index is 2.47. The molecule has 8 aromatic carbocycles. The van der Waals surface area contributed by atoms with Crippen LogP contribution < -0.4 is 10.4 Å². The molecule has 2 nitrogen and oxygen atoms in total. The summed E-state index contributed by atoms with van der Waals surface area (Å²) in [6, 6.07) is 54.4. The zero-order valence-electron chi connectivity index (χ0n) is 25.3. The van der Waals surface area contributed by atoms with E-state index >= 15 is 0 Å². The lowest BCUT2D eigenvalue weighted by Gasteiger charge is -2.24. The van der Waals surface area contributed by atoms with E-state index < -0.39 is 8.07 Å². The molecule has 0 fully saturated rings. The summed E-state index contributed by atoms with van der Waals surface area (Å²) in [6.45, 7) is 4.94. The Bertz CT molecular complexity index is 2380. The largest absolute Gasteiger partial charge is 0.309 e. The molecule has 0 saturated heterocycles. The Hall–Kier alpha value is -5.38. The minimum atomic E-state index is -1.94. The van der Waals surface area contributed by atoms with Crippen LogP contribution in [0.4, 0.5) is 0 Å². The number of rotatable bonds is 4. The zero-order chi connectivity index (χ0) is 29.9. The van der Waals surface area contributed by atoms with Gasteiger partial charge in [-0.25, -0.2) is 0 Å². The van der Waals surface area contributed by atoms with Gasteiger partial charge in [0.1, 0.15) is 8.07 Å². The summed E-state index contributed by atoms with van der Waals surface area (Å²) >= 11 is 0. The highest BCUT2D eigenvalue weighted by atomic mass is 28.3. The molecule has 0 spiro atoms. The lowest BCUT2D eigenvalue weighted by Crippen LogP contribution is -2.52. The van der Waals surface area contributed by atoms with Crippen LogP contribution in [0, 0.1) is 0 Å². The van der Waals surface area contributed by atoms with E-state index in [1.807, 2.05) is 0 Å². The summed E-state index contributed by atoms with van der Waals surface area (Å²) in [5.74, 6) is 0. The number of nitrogens with zero attached hydrogens (tertiary/aromatic N) is 2. The SMILES string of the molecule is C[Si](C)(c1ccc(-n2c3cccc4ccc5cccc2c5c43)cc1)c1ccc(-n2c3cccc4ccc5cccc2c5c43)cc1. The standard InChI is InChI=1S/C42H30N2Si/c1-45(2,33-23-19-31(20-24-33)43-35-11-3-7-27-15-16-28-8-4-12-36(43)40(28)39(27)35)34-25-21-32(22-26-34)44-37-13-5-9-29-17-18-30-10-6-14-38(44)42(30)41(29)37/h3-26H,1-2H3. The van der Waals surface area contributed by atoms with Crippen molar-refractivity contribution in [3.63, 3.8) is 0 Å². The van der Waals surface area contributed by atoms with Gasteiger partial charge in [-0.2, -0.15) is 0 Å². The first-order valence-electron chi connectivity index (χ1n) is 15.8. The third-order valence-electron chi connectivity index (χ3n) is 10.3. The van der Waals surface area contributed by atoms with Gasteiger partial charge in [-0.15, -0.1) is 0 Å². The maximum atomic E-state index is 2.47. The summed E-state index contributed by atoms with van der Waals surface area (Å²) in [7, 11) is -1.94. The summed E-state index contributed by atoms with van der Waals surface area (Å²) < 4.78 is 4.87. The average Bonchev–Trinajstić information content (AvgIpc) is 3.62. The first kappa shape index (κ1) is 25.0. The monoisotopic (exact) mass is 590 g/mol. The van der Waals surface area contributed by atoms with Crippen molar-refractivity contribution in [2.75, 3.05) is 0 Å². The lowest BCUT2D eigenvalue weighted by atomic mass is 10.0. The van der Waals surface area contributed by atoms with Crippen molar-refractivity contribution in [1.82, 2.24) is 9.13 Å². The number of aromatic nitrogens is 2. The van der Waals surface area contributed by atoms with E-state index in [2.05, 4.69) is 168 Å². The molecule has 0 unspecified atom stereocenters. The Morgan fingerprint density at radius 3 is 0.911 bits per heavy atom. The van der Waals surface area contributed by atoms with Crippen LogP contribution in [0.2, 0.25) is 13.1 Å². The molecule has 0 aliphatic carbocycles. The van der Waals surface area contributed by atoms with Crippen LogP contribution in [0.15, 0.2) is 146 Å². The first-order chi connectivity index (χ1) is 22.1. The maximum Gasteiger partial charge on any atom is 0.112 e. The lowest BCUT2D eigenvalue weighted by molar-refractivity contribution is 1.18. The zero-order valence-corrected chi connectivity index (χ0v) is 26.3. The number of hydrogen-bond donors (Lipinski definition) is 0. The molecule has 3 heteroatoms. The van der Waals surface area contributed by atoms with E-state index in [-0.39, 0.29) is 0 Å². The van der Waals surface area contributed by atoms with Crippen molar-refractivity contribution in [3.8, 4) is 11.4 Å². The van der Waals surface area contributed by atoms with Gasteiger partial charge in [-0.05, 0) is 70.1 Å². The highest BCUT2D eigenvalue weighted by Crippen LogP contribution is 2.40. The quantitative estimate of drug-likeness (QED) is 0.143. The van der Waals surface area contributed by atoms with Gasteiger partial charge in [-0.1, -0.05) is 121 Å². The second kappa shape index (κ2) is 8.84. The Morgan fingerprint density at radius 1 is 0.333 bits per heavy atom. The molecule has 0 saturated carbocycles. The normalized spacial score (nSPS) is 12.7. The smallest absolute Gasteiger partial charge is 0.112 e. The summed E-state index contributed by atoms with van der Waals surface area (Å²) in [6.07, 6.45) is 0. The van der Waals surface area contributed by atoms with Gasteiger partial charge in [0.15, 0.2) is 0 Å². The van der Waals surface area contributed by atoms with Crippen LogP contribution in [0.3, 0.4) is 0 Å². The molecule has 0 N–H and O–H groups in total. The molecule has 2 aromatic heterocycles. The van der Waals surface area contributed by atoms with Crippen LogP contribution in [-0.2, 0) is 0 Å². The van der Waals surface area contributed by atoms with E-state index in [1.54, 1.807) is 0 Å². The second-order valence-electron chi connectivity index (χ2n) is 13.0. The highest BCUT2D eigenvalue weighted by Gasteiger charge is 2.27. The van der Waals surface area contributed by atoms with Gasteiger partial charge in [0.25, 0.3) is 0 Å². The molecule has 0 atom stereocenters. The minimum absolute atomic E-state index is 1.21. The Morgan fingerprint density at radius 2 is 0.622 bits per heavy atom. The highest BCUT2D eigenvalue weighted by molar-refractivity contribution is 7.00. The van der Waals surface area contributed by atoms with Crippen LogP contribution in [-0.4, -0.2) is 17.2 Å². The van der Waals surface area contributed by atoms with Crippen molar-refractivity contribution in [2.24, 2.45) is 0 Å². The molecular formula is C42H30N2Si. The molecule has 2 heterocycles. The van der Waals surface area contributed by atoms with Crippen molar-refractivity contribution in [2.45, 2.75) is 13.1 Å². The van der Waals surface area contributed by atoms with Gasteiger partial charge in [0.2, 0.25) is 0 Å². The summed E-state index contributed by atoms with van der Waals surface area (Å²) in [4.78, 5) is 0. The summed E-state index contributed by atoms with van der Waals surface area (Å²) in [5, 5.41) is 13.5. The third kappa shape index (κ3) is 3.33. The van der Waals surface area contributed by atoms with Crippen LogP contribution in [0.1, 0.15) is 0 Å². The molecule has 10 aromatic rings. The fraction of sp³-hybridized carbons (Fsp3) is 0.0476. The average molecular weight is 591 g/mol. The van der Waals surface area contributed by atoms with E-state index in [9.17, 15) is 0 Å². The molecule has 0 aliphatic rings. The van der Waals surface area contributed by atoms with Crippen LogP contribution in [0.5, 0.6) is 0 Å². The van der Waals surface area contributed by atoms with Gasteiger partial charge < -0.3 is 9.13 Å². The second-order valence-corrected chi connectivity index (χ2v) is 17.4. The number of benzene rings is 8. The molecule has 0 bridgehead atoms. The minimum Gasteiger partial charge on any atom is -0.309 e. The van der Waals surface area contributed by atoms with E-state index in [4.69, 9.17) is 0 Å². The van der Waals surface area contributed by atoms with Crippen molar-refractivity contribution < 1.29 is 0 Å². The van der Waals surface area contributed by atoms with Crippen molar-refractivity contribution in [1.29, 1.82) is 0 Å². The molecular weight excluding hydrogens is 561 g/mol. The molecule has 0 aliphatic heterocycles. The third-order valence-corrected chi connectivity index (χ3v) is 13.9. The Kier molecular flexibility index (Phi) is 4.91. The summed E-state index contributed by atoms with van der Waals surface area (Å²) in [5.41, 5.74) is 7.52. The Balaban J connectivity index is 1.05. The molecule has 212 valence electrons. The number of hydrogen-bond acceptors (Lipinski definition) is 0. The van der Waals surface area contributed by atoms with Gasteiger partial charge >= 0.3 is 0 Å². The van der Waals surface area contributed by atoms with Crippen molar-refractivity contribution >= 4 is 83.6 Å². The van der Waals surface area contributed by atoms with Crippen LogP contribution in [0.25, 0.3) is 76.5 Å². The fourth-order valence-corrected chi connectivity index (χ4v) is 10.3. The Labute approximate surface area is 262 Å². The molecule has 45 heavy (non-hydrogen) atoms. The first-order valence-corrected chi connectivity index (χ1v) is 18.8. The molecule has 10 rings (SSSR count). The van der Waals surface area contributed by atoms with E-state index in [0.29, 0.717) is 0 Å². The van der Waals surface area contributed by atoms with E-state index in [0.717, 1.165) is 0 Å². The van der Waals surface area contributed by atoms with E-state index in [1.165, 1.54) is 86.9 Å². The predicted molar refractivity (Wildman–Crippen MR) is 196 cm³/mol. The fourth-order valence-electron chi connectivity index (χ4n) is 8.02. The predicted octanol–water partition coefficient (Wildman–Crippen LogP) is 9.89. The topological polar surface area (TPSA) is 9.86 Å². The van der Waals surface area contributed by atoms with Gasteiger partial charge in [0.05, 0.1) is 22.1 Å². The van der Waals surface area contributed by atoms with Crippen molar-refractivity contribution in [3.05, 3.63) is 146 Å². The van der Waals surface area contributed by atoms with Crippen LogP contribution >= 0.6 is 0 Å².